The van der Waals surface area contributed by atoms with Gasteiger partial charge in [0, 0.05) is 38.4 Å². The number of hydrogen-bond donors (Lipinski definition) is 12. The normalized spacial score (nSPS) is 12.3. The lowest BCUT2D eigenvalue weighted by Crippen LogP contribution is -2.54. The largest absolute Gasteiger partial charge is 0.480 e. The lowest BCUT2D eigenvalue weighted by Gasteiger charge is -2.18. The van der Waals surface area contributed by atoms with Gasteiger partial charge in [-0.25, -0.2) is 9.59 Å². The zero-order valence-electron chi connectivity index (χ0n) is 24.9. The van der Waals surface area contributed by atoms with E-state index in [9.17, 15) is 47.9 Å². The number of carbonyl (C=O) groups is 10. The van der Waals surface area contributed by atoms with Crippen LogP contribution in [0.2, 0.25) is 0 Å². The number of aliphatic carboxylic acids is 4. The van der Waals surface area contributed by atoms with Crippen LogP contribution < -0.4 is 43.4 Å². The van der Waals surface area contributed by atoms with Crippen LogP contribution in [0.5, 0.6) is 0 Å². The van der Waals surface area contributed by atoms with E-state index in [1.807, 2.05) is 0 Å². The number of nitrogens with one attached hydrogen (secondary N) is 6. The van der Waals surface area contributed by atoms with E-state index in [1.165, 1.54) is 13.8 Å². The predicted octanol–water partition coefficient (Wildman–Crippen LogP) is -5.73. The molecule has 0 aliphatic heterocycles. The Morgan fingerprint density at radius 2 is 0.872 bits per heavy atom. The monoisotopic (exact) mass is 718 g/mol. The fourth-order valence-corrected chi connectivity index (χ4v) is 3.61. The molecule has 0 bridgehead atoms. The third-order valence-electron chi connectivity index (χ3n) is 4.58. The first-order valence-electron chi connectivity index (χ1n) is 12.6. The van der Waals surface area contributed by atoms with Crippen molar-refractivity contribution in [1.82, 2.24) is 31.9 Å². The van der Waals surface area contributed by atoms with Gasteiger partial charge in [-0.1, -0.05) is 23.5 Å². The average Bonchev–Trinajstić information content (AvgIpc) is 2.96. The van der Waals surface area contributed by atoms with Crippen LogP contribution in [0.4, 0.5) is 9.59 Å². The van der Waals surface area contributed by atoms with Crippen molar-refractivity contribution in [2.24, 2.45) is 11.5 Å². The van der Waals surface area contributed by atoms with Crippen LogP contribution in [0.25, 0.3) is 0 Å². The van der Waals surface area contributed by atoms with Crippen LogP contribution in [-0.2, 0) is 38.4 Å². The third kappa shape index (κ3) is 26.2. The minimum atomic E-state index is -1.31. The summed E-state index contributed by atoms with van der Waals surface area (Å²) >= 11 is 1.53. The number of amides is 6. The highest BCUT2D eigenvalue weighted by Gasteiger charge is 2.24. The quantitative estimate of drug-likeness (QED) is 0.0628. The molecule has 0 saturated carbocycles. The van der Waals surface area contributed by atoms with Crippen molar-refractivity contribution >= 4 is 81.5 Å². The number of rotatable bonds is 18. The van der Waals surface area contributed by atoms with E-state index >= 15 is 0 Å². The van der Waals surface area contributed by atoms with E-state index in [-0.39, 0.29) is 40.3 Å². The predicted molar refractivity (Wildman–Crippen MR) is 163 cm³/mol. The van der Waals surface area contributed by atoms with E-state index < -0.39 is 85.0 Å². The maximum atomic E-state index is 11.8. The first-order chi connectivity index (χ1) is 21.3. The Bertz CT molecular complexity index is 1060. The molecule has 0 aliphatic rings. The topological polar surface area (TPSA) is 407 Å². The zero-order chi connectivity index (χ0) is 36.0. The van der Waals surface area contributed by atoms with Crippen LogP contribution >= 0.6 is 23.5 Å². The molecule has 16 N–H and O–H groups in total. The van der Waals surface area contributed by atoms with Crippen molar-refractivity contribution in [3.05, 3.63) is 0 Å². The van der Waals surface area contributed by atoms with Gasteiger partial charge >= 0.3 is 35.9 Å². The first kappa shape index (κ1) is 46.7. The molecule has 0 saturated heterocycles. The third-order valence-corrected chi connectivity index (χ3v) is 6.39. The number of hydrogen-bond acceptors (Lipinski definition) is 14. The lowest BCUT2D eigenvalue weighted by molar-refractivity contribution is -0.139. The van der Waals surface area contributed by atoms with Crippen molar-refractivity contribution in [1.29, 1.82) is 0 Å². The Labute approximate surface area is 274 Å². The molecule has 0 aromatic heterocycles. The lowest BCUT2D eigenvalue weighted by atomic mass is 10.3. The van der Waals surface area contributed by atoms with Gasteiger partial charge in [-0.05, 0) is 0 Å². The highest BCUT2D eigenvalue weighted by atomic mass is 32.2. The number of thioether (sulfide) groups is 2. The standard InChI is InChI=1S/2C11H18N4O7S.H2O/c2*1-5(16)23-4-7(9(19)13-3-8(17)18)15-11(22)14-2-6(12)10(20)21;/h2*6-7H,2-4,12H2,1H3,(H,13,19)(H,17,18)(H,20,21)(H2,14,15,22);1H2/t2*6-,7-;/m00./s1. The molecule has 0 spiro atoms. The zero-order valence-corrected chi connectivity index (χ0v) is 26.5. The summed E-state index contributed by atoms with van der Waals surface area (Å²) in [4.78, 5) is 111. The summed E-state index contributed by atoms with van der Waals surface area (Å²) in [6, 6.07) is -6.73. The van der Waals surface area contributed by atoms with Gasteiger partial charge < -0.3 is 69.3 Å². The SMILES string of the molecule is CC(=O)SC[C@H](NC(=O)NC[C@H](N)C(=O)O)C(=O)NCC(=O)O.CC(=O)SC[C@H](NC(=O)NC[C@H](N)C(=O)O)C(=O)NCC(=O)O.O. The summed E-state index contributed by atoms with van der Waals surface area (Å²) in [5, 5.41) is 46.4. The average molecular weight is 719 g/mol. The Morgan fingerprint density at radius 3 is 1.11 bits per heavy atom. The van der Waals surface area contributed by atoms with E-state index in [4.69, 9.17) is 31.9 Å². The maximum Gasteiger partial charge on any atom is 0.322 e. The molecule has 47 heavy (non-hydrogen) atoms. The number of nitrogens with two attached hydrogens (primary N) is 2. The van der Waals surface area contributed by atoms with Crippen LogP contribution in [0.1, 0.15) is 13.8 Å². The number of carbonyl (C=O) groups excluding carboxylic acids is 6. The second-order valence-electron chi connectivity index (χ2n) is 8.53. The molecule has 25 heteroatoms. The van der Waals surface area contributed by atoms with Crippen molar-refractivity contribution in [3.63, 3.8) is 0 Å². The minimum absolute atomic E-state index is 0. The van der Waals surface area contributed by atoms with Gasteiger partial charge in [-0.2, -0.15) is 0 Å². The fourth-order valence-electron chi connectivity index (χ4n) is 2.34. The van der Waals surface area contributed by atoms with E-state index in [2.05, 4.69) is 31.9 Å². The van der Waals surface area contributed by atoms with Gasteiger partial charge in [0.1, 0.15) is 37.3 Å². The van der Waals surface area contributed by atoms with Crippen molar-refractivity contribution in [2.75, 3.05) is 37.7 Å². The highest BCUT2D eigenvalue weighted by Crippen LogP contribution is 2.05. The Kier molecular flexibility index (Phi) is 25.3. The molecular formula is C22H38N8O15S2. The highest BCUT2D eigenvalue weighted by molar-refractivity contribution is 8.13. The van der Waals surface area contributed by atoms with E-state index in [0.29, 0.717) is 0 Å². The second kappa shape index (κ2) is 25.5. The molecule has 4 atom stereocenters. The summed E-state index contributed by atoms with van der Waals surface area (Å²) in [5.74, 6) is -6.97. The number of urea groups is 2. The van der Waals surface area contributed by atoms with Crippen LogP contribution in [0.3, 0.4) is 0 Å². The smallest absolute Gasteiger partial charge is 0.322 e. The molecule has 0 aromatic carbocycles. The van der Waals surface area contributed by atoms with E-state index in [0.717, 1.165) is 23.5 Å². The van der Waals surface area contributed by atoms with Gasteiger partial charge in [-0.3, -0.25) is 38.4 Å². The first-order valence-corrected chi connectivity index (χ1v) is 14.5. The van der Waals surface area contributed by atoms with Crippen LogP contribution in [0, 0.1) is 0 Å². The molecule has 0 rings (SSSR count). The fraction of sp³-hybridized carbons (Fsp3) is 0.545. The van der Waals surface area contributed by atoms with E-state index in [1.54, 1.807) is 0 Å². The van der Waals surface area contributed by atoms with Crippen molar-refractivity contribution in [3.8, 4) is 0 Å². The van der Waals surface area contributed by atoms with Gasteiger partial charge in [0.2, 0.25) is 11.8 Å². The summed E-state index contributed by atoms with van der Waals surface area (Å²) in [5.41, 5.74) is 10.4. The minimum Gasteiger partial charge on any atom is -0.480 e. The Morgan fingerprint density at radius 1 is 0.574 bits per heavy atom. The summed E-state index contributed by atoms with van der Waals surface area (Å²) in [7, 11) is 0. The van der Waals surface area contributed by atoms with Crippen molar-refractivity contribution < 1.29 is 73.8 Å². The van der Waals surface area contributed by atoms with Gasteiger partial charge in [0.15, 0.2) is 10.2 Å². The van der Waals surface area contributed by atoms with Gasteiger partial charge in [0.05, 0.1) is 0 Å². The Balaban J connectivity index is -0.000000807. The second-order valence-corrected chi connectivity index (χ2v) is 10.9. The number of carboxylic acid groups (broad SMARTS) is 4. The summed E-state index contributed by atoms with van der Waals surface area (Å²) < 4.78 is 0. The molecule has 268 valence electrons. The molecule has 0 unspecified atom stereocenters. The van der Waals surface area contributed by atoms with Gasteiger partial charge in [-0.15, -0.1) is 0 Å². The summed E-state index contributed by atoms with van der Waals surface area (Å²) in [6.07, 6.45) is 0. The van der Waals surface area contributed by atoms with Crippen LogP contribution in [-0.4, -0.2) is 146 Å². The molecule has 6 amide bonds. The van der Waals surface area contributed by atoms with Crippen molar-refractivity contribution in [2.45, 2.75) is 38.0 Å². The number of carboxylic acids is 4. The van der Waals surface area contributed by atoms with Gasteiger partial charge in [0.25, 0.3) is 0 Å². The molecular weight excluding hydrogens is 680 g/mol. The molecule has 0 aromatic rings. The van der Waals surface area contributed by atoms with Crippen LogP contribution in [0.15, 0.2) is 0 Å². The molecule has 23 nitrogen and oxygen atoms in total. The Hall–Kier alpha value is -4.72. The molecule has 0 aliphatic carbocycles. The maximum absolute atomic E-state index is 11.8. The molecule has 0 fully saturated rings. The molecule has 0 radical (unpaired) electrons. The summed E-state index contributed by atoms with van der Waals surface area (Å²) in [6.45, 7) is 0.501. The molecule has 0 heterocycles.